The first kappa shape index (κ1) is 17.7. The first-order valence-electron chi connectivity index (χ1n) is 9.14. The van der Waals surface area contributed by atoms with Gasteiger partial charge in [-0.15, -0.1) is 11.3 Å². The summed E-state index contributed by atoms with van der Waals surface area (Å²) >= 11 is 1.83. The summed E-state index contributed by atoms with van der Waals surface area (Å²) in [5.41, 5.74) is 0. The molecule has 0 radical (unpaired) electrons. The van der Waals surface area contributed by atoms with Crippen molar-refractivity contribution in [3.63, 3.8) is 0 Å². The molecule has 134 valence electrons. The summed E-state index contributed by atoms with van der Waals surface area (Å²) in [5.74, 6) is 1.77. The molecule has 1 aliphatic heterocycles. The lowest BCUT2D eigenvalue weighted by Crippen LogP contribution is -2.46. The minimum absolute atomic E-state index is 0.387. The number of hydrogen-bond donors (Lipinski definition) is 2. The highest BCUT2D eigenvalue weighted by Crippen LogP contribution is 2.34. The Morgan fingerprint density at radius 2 is 2.29 bits per heavy atom. The predicted octanol–water partition coefficient (Wildman–Crippen LogP) is 2.48. The molecule has 2 aliphatic rings. The van der Waals surface area contributed by atoms with Crippen LogP contribution in [0.15, 0.2) is 22.5 Å². The van der Waals surface area contributed by atoms with Crippen LogP contribution >= 0.6 is 11.3 Å². The van der Waals surface area contributed by atoms with Gasteiger partial charge in [0.2, 0.25) is 0 Å². The number of guanidine groups is 1. The molecule has 3 atom stereocenters. The summed E-state index contributed by atoms with van der Waals surface area (Å²) in [4.78, 5) is 8.35. The zero-order chi connectivity index (χ0) is 16.8. The molecule has 3 unspecified atom stereocenters. The standard InChI is InChI=1S/C18H30N4OS/c1-3-5-14-12-15(14)21-18(19-2)20-13-16(17-6-4-11-24-17)22-7-9-23-10-8-22/h4,6,11,14-16H,3,5,7-10,12-13H2,1-2H3,(H2,19,20,21). The van der Waals surface area contributed by atoms with Crippen LogP contribution in [0.3, 0.4) is 0 Å². The van der Waals surface area contributed by atoms with Gasteiger partial charge in [-0.05, 0) is 30.2 Å². The third-order valence-electron chi connectivity index (χ3n) is 4.95. The van der Waals surface area contributed by atoms with E-state index in [1.54, 1.807) is 0 Å². The van der Waals surface area contributed by atoms with Gasteiger partial charge in [-0.25, -0.2) is 0 Å². The van der Waals surface area contributed by atoms with Crippen LogP contribution in [0.1, 0.15) is 37.1 Å². The molecule has 1 aromatic heterocycles. The molecule has 2 N–H and O–H groups in total. The van der Waals surface area contributed by atoms with Crippen molar-refractivity contribution in [3.05, 3.63) is 22.4 Å². The molecule has 1 aliphatic carbocycles. The lowest BCUT2D eigenvalue weighted by atomic mass is 10.2. The molecule has 3 rings (SSSR count). The van der Waals surface area contributed by atoms with Gasteiger partial charge in [0.05, 0.1) is 19.3 Å². The van der Waals surface area contributed by atoms with E-state index in [1.165, 1.54) is 24.1 Å². The molecule has 1 aromatic rings. The van der Waals surface area contributed by atoms with Gasteiger partial charge in [0.1, 0.15) is 0 Å². The molecule has 24 heavy (non-hydrogen) atoms. The summed E-state index contributed by atoms with van der Waals surface area (Å²) in [6, 6.07) is 5.37. The molecule has 5 nitrogen and oxygen atoms in total. The molecule has 0 amide bonds. The van der Waals surface area contributed by atoms with Gasteiger partial charge in [-0.3, -0.25) is 9.89 Å². The summed E-state index contributed by atoms with van der Waals surface area (Å²) in [6.07, 6.45) is 3.87. The largest absolute Gasteiger partial charge is 0.379 e. The van der Waals surface area contributed by atoms with Gasteiger partial charge < -0.3 is 15.4 Å². The monoisotopic (exact) mass is 350 g/mol. The van der Waals surface area contributed by atoms with Crippen LogP contribution in [-0.4, -0.2) is 56.8 Å². The predicted molar refractivity (Wildman–Crippen MR) is 101 cm³/mol. The fraction of sp³-hybridized carbons (Fsp3) is 0.722. The third kappa shape index (κ3) is 4.71. The van der Waals surface area contributed by atoms with Gasteiger partial charge in [-0.1, -0.05) is 19.4 Å². The Hall–Kier alpha value is -1.11. The van der Waals surface area contributed by atoms with Crippen LogP contribution < -0.4 is 10.6 Å². The van der Waals surface area contributed by atoms with Crippen LogP contribution in [0, 0.1) is 5.92 Å². The number of rotatable bonds is 7. The van der Waals surface area contributed by atoms with Crippen molar-refractivity contribution in [2.24, 2.45) is 10.9 Å². The van der Waals surface area contributed by atoms with Crippen LogP contribution in [-0.2, 0) is 4.74 Å². The second-order valence-corrected chi connectivity index (χ2v) is 7.65. The number of aliphatic imine (C=N–C) groups is 1. The van der Waals surface area contributed by atoms with E-state index in [-0.39, 0.29) is 0 Å². The summed E-state index contributed by atoms with van der Waals surface area (Å²) in [7, 11) is 1.86. The highest BCUT2D eigenvalue weighted by Gasteiger charge is 2.36. The molecule has 0 spiro atoms. The SMILES string of the molecule is CCCC1CC1NC(=NC)NCC(c1cccs1)N1CCOCC1. The first-order chi connectivity index (χ1) is 11.8. The smallest absolute Gasteiger partial charge is 0.191 e. The highest BCUT2D eigenvalue weighted by atomic mass is 32.1. The second kappa shape index (κ2) is 8.83. The number of morpholine rings is 1. The Labute approximate surface area is 149 Å². The number of ether oxygens (including phenoxy) is 1. The van der Waals surface area contributed by atoms with Gasteiger partial charge in [-0.2, -0.15) is 0 Å². The van der Waals surface area contributed by atoms with E-state index >= 15 is 0 Å². The lowest BCUT2D eigenvalue weighted by Gasteiger charge is -2.34. The number of nitrogens with zero attached hydrogens (tertiary/aromatic N) is 2. The molecule has 2 heterocycles. The molecule has 0 bridgehead atoms. The number of hydrogen-bond acceptors (Lipinski definition) is 4. The lowest BCUT2D eigenvalue weighted by molar-refractivity contribution is 0.0177. The first-order valence-corrected chi connectivity index (χ1v) is 10.0. The van der Waals surface area contributed by atoms with E-state index in [9.17, 15) is 0 Å². The Morgan fingerprint density at radius 1 is 1.46 bits per heavy atom. The maximum atomic E-state index is 5.51. The topological polar surface area (TPSA) is 48.9 Å². The fourth-order valence-electron chi connectivity index (χ4n) is 3.46. The highest BCUT2D eigenvalue weighted by molar-refractivity contribution is 7.10. The van der Waals surface area contributed by atoms with E-state index in [4.69, 9.17) is 4.74 Å². The number of nitrogens with one attached hydrogen (secondary N) is 2. The van der Waals surface area contributed by atoms with Crippen molar-refractivity contribution in [1.82, 2.24) is 15.5 Å². The van der Waals surface area contributed by atoms with E-state index in [0.717, 1.165) is 44.7 Å². The average Bonchev–Trinajstić information content (AvgIpc) is 3.11. The van der Waals surface area contributed by atoms with Gasteiger partial charge >= 0.3 is 0 Å². The Balaban J connectivity index is 1.54. The summed E-state index contributed by atoms with van der Waals surface area (Å²) < 4.78 is 5.51. The Kier molecular flexibility index (Phi) is 6.51. The molecular formula is C18H30N4OS. The van der Waals surface area contributed by atoms with E-state index in [2.05, 4.69) is 45.0 Å². The van der Waals surface area contributed by atoms with Crippen LogP contribution in [0.4, 0.5) is 0 Å². The molecule has 1 saturated heterocycles. The molecular weight excluding hydrogens is 320 g/mol. The number of thiophene rings is 1. The van der Waals surface area contributed by atoms with Crippen molar-refractivity contribution in [2.45, 2.75) is 38.3 Å². The van der Waals surface area contributed by atoms with Crippen molar-refractivity contribution in [3.8, 4) is 0 Å². The minimum Gasteiger partial charge on any atom is -0.379 e. The minimum atomic E-state index is 0.387. The van der Waals surface area contributed by atoms with Crippen molar-refractivity contribution in [2.75, 3.05) is 39.9 Å². The van der Waals surface area contributed by atoms with E-state index < -0.39 is 0 Å². The molecule has 1 saturated carbocycles. The van der Waals surface area contributed by atoms with E-state index in [1.807, 2.05) is 18.4 Å². The van der Waals surface area contributed by atoms with Crippen LogP contribution in [0.25, 0.3) is 0 Å². The quantitative estimate of drug-likeness (QED) is 0.586. The average molecular weight is 351 g/mol. The summed E-state index contributed by atoms with van der Waals surface area (Å²) in [5, 5.41) is 9.29. The maximum Gasteiger partial charge on any atom is 0.191 e. The second-order valence-electron chi connectivity index (χ2n) is 6.67. The molecule has 2 fully saturated rings. The van der Waals surface area contributed by atoms with Gasteiger partial charge in [0.25, 0.3) is 0 Å². The molecule has 6 heteroatoms. The van der Waals surface area contributed by atoms with Gasteiger partial charge in [0.15, 0.2) is 5.96 Å². The Morgan fingerprint density at radius 3 is 2.96 bits per heavy atom. The maximum absolute atomic E-state index is 5.51. The Bertz CT molecular complexity index is 513. The van der Waals surface area contributed by atoms with Crippen molar-refractivity contribution in [1.29, 1.82) is 0 Å². The zero-order valence-corrected chi connectivity index (χ0v) is 15.6. The van der Waals surface area contributed by atoms with Crippen molar-refractivity contribution >= 4 is 17.3 Å². The van der Waals surface area contributed by atoms with Gasteiger partial charge in [0, 0.05) is 37.6 Å². The van der Waals surface area contributed by atoms with Crippen LogP contribution in [0.5, 0.6) is 0 Å². The third-order valence-corrected chi connectivity index (χ3v) is 5.92. The van der Waals surface area contributed by atoms with Crippen LogP contribution in [0.2, 0.25) is 0 Å². The zero-order valence-electron chi connectivity index (χ0n) is 14.8. The van der Waals surface area contributed by atoms with E-state index in [0.29, 0.717) is 12.1 Å². The van der Waals surface area contributed by atoms with Crippen molar-refractivity contribution < 1.29 is 4.74 Å². The normalized spacial score (nSPS) is 26.2. The molecule has 0 aromatic carbocycles. The summed E-state index contributed by atoms with van der Waals surface area (Å²) in [6.45, 7) is 6.79. The fourth-order valence-corrected chi connectivity index (χ4v) is 4.32.